The average molecular weight is 505 g/mol. The smallest absolute Gasteiger partial charge is 0.184 e. The summed E-state index contributed by atoms with van der Waals surface area (Å²) in [5, 5.41) is 0. The van der Waals surface area contributed by atoms with Gasteiger partial charge in [-0.2, -0.15) is 0 Å². The Bertz CT molecular complexity index is 556. The van der Waals surface area contributed by atoms with Gasteiger partial charge in [0, 0.05) is 26.1 Å². The van der Waals surface area contributed by atoms with E-state index in [1.165, 1.54) is 122 Å². The highest BCUT2D eigenvalue weighted by Crippen LogP contribution is 2.21. The summed E-state index contributed by atoms with van der Waals surface area (Å²) in [6.45, 7) is 9.32. The highest BCUT2D eigenvalue weighted by molar-refractivity contribution is 5.78. The standard InChI is InChI=1S/C32H60N2O2/c1-3-5-7-9-11-12-13-14-15-16-18-19-21-23-31-30(29-34-25-27-35-28-26-34)33-32(36-31)24-22-20-17-10-8-6-4-2/h21,23,30-31H,3-20,22,24-29H2,1-2H3/b23-21+/t30-,31-/m0/s1. The zero-order valence-electron chi connectivity index (χ0n) is 24.2. The Morgan fingerprint density at radius 1 is 0.722 bits per heavy atom. The van der Waals surface area contributed by atoms with Crippen LogP contribution in [0.2, 0.25) is 0 Å². The van der Waals surface area contributed by atoms with Crippen LogP contribution in [0.25, 0.3) is 0 Å². The van der Waals surface area contributed by atoms with Crippen LogP contribution in [0.5, 0.6) is 0 Å². The summed E-state index contributed by atoms with van der Waals surface area (Å²) < 4.78 is 11.9. The molecule has 0 amide bonds. The number of hydrogen-bond acceptors (Lipinski definition) is 4. The Kier molecular flexibility index (Phi) is 19.3. The third-order valence-corrected chi connectivity index (χ3v) is 7.80. The minimum Gasteiger partial charge on any atom is -0.471 e. The molecule has 0 radical (unpaired) electrons. The summed E-state index contributed by atoms with van der Waals surface area (Å²) in [7, 11) is 0. The van der Waals surface area contributed by atoms with Gasteiger partial charge in [0.2, 0.25) is 0 Å². The van der Waals surface area contributed by atoms with E-state index in [1.807, 2.05) is 0 Å². The molecule has 1 saturated heterocycles. The lowest BCUT2D eigenvalue weighted by Crippen LogP contribution is -2.42. The van der Waals surface area contributed by atoms with Gasteiger partial charge >= 0.3 is 0 Å². The van der Waals surface area contributed by atoms with E-state index in [-0.39, 0.29) is 12.1 Å². The molecule has 0 saturated carbocycles. The molecule has 0 aromatic carbocycles. The second kappa shape index (κ2) is 22.1. The van der Waals surface area contributed by atoms with Crippen LogP contribution in [0.4, 0.5) is 0 Å². The average Bonchev–Trinajstić information content (AvgIpc) is 3.28. The molecule has 2 aliphatic rings. The van der Waals surface area contributed by atoms with Crippen LogP contribution in [0.15, 0.2) is 17.1 Å². The van der Waals surface area contributed by atoms with E-state index in [0.717, 1.165) is 45.2 Å². The number of rotatable bonds is 23. The van der Waals surface area contributed by atoms with E-state index < -0.39 is 0 Å². The minimum atomic E-state index is 0.125. The molecule has 0 bridgehead atoms. The van der Waals surface area contributed by atoms with Gasteiger partial charge in [-0.15, -0.1) is 0 Å². The van der Waals surface area contributed by atoms with Crippen LogP contribution in [-0.4, -0.2) is 55.8 Å². The van der Waals surface area contributed by atoms with Crippen molar-refractivity contribution in [1.29, 1.82) is 0 Å². The van der Waals surface area contributed by atoms with Crippen molar-refractivity contribution in [2.45, 2.75) is 154 Å². The molecule has 0 unspecified atom stereocenters. The first-order valence-electron chi connectivity index (χ1n) is 16.0. The first kappa shape index (κ1) is 31.3. The summed E-state index contributed by atoms with van der Waals surface area (Å²) in [5.74, 6) is 1.01. The third-order valence-electron chi connectivity index (χ3n) is 7.80. The van der Waals surface area contributed by atoms with E-state index in [1.54, 1.807) is 0 Å². The fourth-order valence-corrected chi connectivity index (χ4v) is 5.40. The van der Waals surface area contributed by atoms with Crippen LogP contribution >= 0.6 is 0 Å². The van der Waals surface area contributed by atoms with Gasteiger partial charge in [-0.1, -0.05) is 123 Å². The lowest BCUT2D eigenvalue weighted by atomic mass is 10.0. The Balaban J connectivity index is 1.60. The summed E-state index contributed by atoms with van der Waals surface area (Å²) in [6, 6.07) is 0.247. The van der Waals surface area contributed by atoms with Crippen molar-refractivity contribution in [3.8, 4) is 0 Å². The molecule has 2 atom stereocenters. The van der Waals surface area contributed by atoms with E-state index >= 15 is 0 Å². The summed E-state index contributed by atoms with van der Waals surface area (Å²) in [6.07, 6.45) is 31.8. The van der Waals surface area contributed by atoms with Gasteiger partial charge in [-0.3, -0.25) is 4.90 Å². The van der Waals surface area contributed by atoms with Crippen molar-refractivity contribution >= 4 is 5.90 Å². The molecule has 2 heterocycles. The number of aliphatic imine (C=N–C) groups is 1. The van der Waals surface area contributed by atoms with Crippen LogP contribution < -0.4 is 0 Å². The molecule has 0 aliphatic carbocycles. The molecular weight excluding hydrogens is 444 g/mol. The maximum absolute atomic E-state index is 6.37. The van der Waals surface area contributed by atoms with Gasteiger partial charge < -0.3 is 9.47 Å². The van der Waals surface area contributed by atoms with Gasteiger partial charge in [-0.05, 0) is 25.3 Å². The van der Waals surface area contributed by atoms with Crippen LogP contribution in [-0.2, 0) is 9.47 Å². The topological polar surface area (TPSA) is 34.1 Å². The predicted octanol–water partition coefficient (Wildman–Crippen LogP) is 8.88. The van der Waals surface area contributed by atoms with E-state index in [0.29, 0.717) is 0 Å². The minimum absolute atomic E-state index is 0.125. The van der Waals surface area contributed by atoms with E-state index in [2.05, 4.69) is 30.9 Å². The quantitative estimate of drug-likeness (QED) is 0.103. The number of allylic oxidation sites excluding steroid dienone is 1. The number of unbranched alkanes of at least 4 members (excludes halogenated alkanes) is 17. The van der Waals surface area contributed by atoms with Crippen LogP contribution in [0, 0.1) is 0 Å². The zero-order chi connectivity index (χ0) is 25.5. The normalized spacial score (nSPS) is 20.8. The predicted molar refractivity (Wildman–Crippen MR) is 156 cm³/mol. The zero-order valence-corrected chi connectivity index (χ0v) is 24.2. The Morgan fingerprint density at radius 3 is 1.83 bits per heavy atom. The van der Waals surface area contributed by atoms with Crippen molar-refractivity contribution in [3.05, 3.63) is 12.2 Å². The van der Waals surface area contributed by atoms with E-state index in [4.69, 9.17) is 14.5 Å². The van der Waals surface area contributed by atoms with Crippen molar-refractivity contribution in [1.82, 2.24) is 4.90 Å². The van der Waals surface area contributed by atoms with E-state index in [9.17, 15) is 0 Å². The van der Waals surface area contributed by atoms with Gasteiger partial charge in [0.25, 0.3) is 0 Å². The maximum Gasteiger partial charge on any atom is 0.184 e. The molecule has 4 heteroatoms. The third kappa shape index (κ3) is 15.4. The Hall–Kier alpha value is -0.870. The van der Waals surface area contributed by atoms with Crippen LogP contribution in [0.1, 0.15) is 142 Å². The molecule has 0 aromatic rings. The number of morpholine rings is 1. The SMILES string of the molecule is CCCCCCCCCCCCC/C=C/[C@@H]1OC(CCCCCCCCC)=N[C@H]1CN1CCOCC1. The number of hydrogen-bond donors (Lipinski definition) is 0. The molecule has 0 N–H and O–H groups in total. The second-order valence-corrected chi connectivity index (χ2v) is 11.2. The molecule has 0 spiro atoms. The highest BCUT2D eigenvalue weighted by Gasteiger charge is 2.30. The van der Waals surface area contributed by atoms with Gasteiger partial charge in [0.15, 0.2) is 5.90 Å². The maximum atomic E-state index is 6.37. The lowest BCUT2D eigenvalue weighted by molar-refractivity contribution is 0.0321. The monoisotopic (exact) mass is 504 g/mol. The van der Waals surface area contributed by atoms with Gasteiger partial charge in [0.1, 0.15) is 12.1 Å². The molecule has 36 heavy (non-hydrogen) atoms. The molecule has 1 fully saturated rings. The van der Waals surface area contributed by atoms with Crippen molar-refractivity contribution in [3.63, 3.8) is 0 Å². The molecule has 2 aliphatic heterocycles. The molecular formula is C32H60N2O2. The van der Waals surface area contributed by atoms with Crippen molar-refractivity contribution < 1.29 is 9.47 Å². The van der Waals surface area contributed by atoms with Crippen LogP contribution in [0.3, 0.4) is 0 Å². The lowest BCUT2D eigenvalue weighted by Gasteiger charge is -2.29. The number of ether oxygens (including phenoxy) is 2. The van der Waals surface area contributed by atoms with Crippen molar-refractivity contribution in [2.24, 2.45) is 4.99 Å². The van der Waals surface area contributed by atoms with Gasteiger partial charge in [-0.25, -0.2) is 4.99 Å². The molecule has 4 nitrogen and oxygen atoms in total. The first-order valence-corrected chi connectivity index (χ1v) is 16.0. The first-order chi connectivity index (χ1) is 17.8. The number of nitrogens with zero attached hydrogens (tertiary/aromatic N) is 2. The van der Waals surface area contributed by atoms with Crippen molar-refractivity contribution in [2.75, 3.05) is 32.8 Å². The summed E-state index contributed by atoms with van der Waals surface area (Å²) >= 11 is 0. The Morgan fingerprint density at radius 2 is 1.25 bits per heavy atom. The van der Waals surface area contributed by atoms with Gasteiger partial charge in [0.05, 0.1) is 13.2 Å². The second-order valence-electron chi connectivity index (χ2n) is 11.2. The summed E-state index contributed by atoms with van der Waals surface area (Å²) in [5.41, 5.74) is 0. The molecule has 210 valence electrons. The summed E-state index contributed by atoms with van der Waals surface area (Å²) in [4.78, 5) is 7.55. The molecule has 0 aromatic heterocycles. The molecule has 2 rings (SSSR count). The fourth-order valence-electron chi connectivity index (χ4n) is 5.40. The Labute approximate surface area is 224 Å². The highest BCUT2D eigenvalue weighted by atomic mass is 16.5. The largest absolute Gasteiger partial charge is 0.471 e. The fraction of sp³-hybridized carbons (Fsp3) is 0.906.